The Balaban J connectivity index is 1.61. The zero-order chi connectivity index (χ0) is 22.1. The zero-order valence-corrected chi connectivity index (χ0v) is 19.1. The fraction of sp³-hybridized carbons (Fsp3) is 0.500. The number of nitrogens with one attached hydrogen (secondary N) is 2. The smallest absolute Gasteiger partial charge is 0.321 e. The molecule has 30 heavy (non-hydrogen) atoms. The van der Waals surface area contributed by atoms with E-state index in [4.69, 9.17) is 4.42 Å². The number of anilines is 1. The van der Waals surface area contributed by atoms with Gasteiger partial charge in [0.15, 0.2) is 0 Å². The van der Waals surface area contributed by atoms with Crippen molar-refractivity contribution in [2.24, 2.45) is 0 Å². The molecule has 1 aliphatic rings. The van der Waals surface area contributed by atoms with Crippen molar-refractivity contribution in [3.05, 3.63) is 41.7 Å². The zero-order valence-electron chi connectivity index (χ0n) is 18.3. The predicted molar refractivity (Wildman–Crippen MR) is 119 cm³/mol. The molecule has 0 saturated carbocycles. The summed E-state index contributed by atoms with van der Waals surface area (Å²) in [6, 6.07) is 7.30. The molecule has 8 heteroatoms. The topological polar surface area (TPSA) is 91.7 Å². The molecule has 1 aromatic carbocycles. The molecule has 0 spiro atoms. The van der Waals surface area contributed by atoms with Crippen LogP contribution in [0.2, 0.25) is 0 Å². The molecule has 0 radical (unpaired) electrons. The van der Waals surface area contributed by atoms with E-state index < -0.39 is 14.8 Å². The summed E-state index contributed by atoms with van der Waals surface area (Å²) >= 11 is 0. The third kappa shape index (κ3) is 4.70. The molecule has 3 rings (SSSR count). The lowest BCUT2D eigenvalue weighted by Gasteiger charge is -2.34. The van der Waals surface area contributed by atoms with Gasteiger partial charge in [0.1, 0.15) is 5.76 Å². The molecule has 1 aromatic heterocycles. The van der Waals surface area contributed by atoms with Crippen molar-refractivity contribution in [1.82, 2.24) is 9.62 Å². The number of rotatable bonds is 4. The number of sulfonamides is 1. The molecule has 164 valence electrons. The van der Waals surface area contributed by atoms with Crippen LogP contribution in [0.3, 0.4) is 0 Å². The first-order chi connectivity index (χ1) is 14.0. The second kappa shape index (κ2) is 8.43. The van der Waals surface area contributed by atoms with Crippen LogP contribution in [0.15, 0.2) is 34.9 Å². The number of furan rings is 1. The SMILES string of the molecule is Cc1c(NC(=O)N2CCC(NS(=O)(=O)C(C)(C)C)CC2)ccc(-c2ccco2)c1C. The first-order valence-electron chi connectivity index (χ1n) is 10.2. The van der Waals surface area contributed by atoms with E-state index in [9.17, 15) is 13.2 Å². The van der Waals surface area contributed by atoms with Crippen LogP contribution in [0.5, 0.6) is 0 Å². The van der Waals surface area contributed by atoms with Gasteiger partial charge in [-0.05, 0) is 82.9 Å². The fourth-order valence-corrected chi connectivity index (χ4v) is 4.47. The highest BCUT2D eigenvalue weighted by Crippen LogP contribution is 2.30. The number of piperidine rings is 1. The van der Waals surface area contributed by atoms with Crippen LogP contribution >= 0.6 is 0 Å². The molecule has 0 unspecified atom stereocenters. The Morgan fingerprint density at radius 2 is 1.77 bits per heavy atom. The van der Waals surface area contributed by atoms with Gasteiger partial charge in [0.2, 0.25) is 10.0 Å². The summed E-state index contributed by atoms with van der Waals surface area (Å²) in [7, 11) is -3.39. The molecule has 1 fully saturated rings. The van der Waals surface area contributed by atoms with Gasteiger partial charge in [-0.2, -0.15) is 0 Å². The Bertz CT molecular complexity index is 1000. The first kappa shape index (κ1) is 22.4. The van der Waals surface area contributed by atoms with Crippen LogP contribution in [-0.2, 0) is 10.0 Å². The molecule has 1 aliphatic heterocycles. The second-order valence-corrected chi connectivity index (χ2v) is 11.3. The quantitative estimate of drug-likeness (QED) is 0.753. The van der Waals surface area contributed by atoms with Crippen LogP contribution in [0, 0.1) is 13.8 Å². The summed E-state index contributed by atoms with van der Waals surface area (Å²) in [5, 5.41) is 3.00. The fourth-order valence-electron chi connectivity index (χ4n) is 3.45. The minimum atomic E-state index is -3.39. The van der Waals surface area contributed by atoms with Gasteiger partial charge in [-0.15, -0.1) is 0 Å². The average molecular weight is 434 g/mol. The summed E-state index contributed by atoms with van der Waals surface area (Å²) in [5.74, 6) is 0.799. The molecule has 1 saturated heterocycles. The Kier molecular flexibility index (Phi) is 6.29. The van der Waals surface area contributed by atoms with E-state index in [0.717, 1.165) is 28.1 Å². The van der Waals surface area contributed by atoms with Crippen molar-refractivity contribution in [2.45, 2.75) is 58.2 Å². The molecular formula is C22H31N3O4S. The van der Waals surface area contributed by atoms with Crippen molar-refractivity contribution in [3.63, 3.8) is 0 Å². The highest BCUT2D eigenvalue weighted by molar-refractivity contribution is 7.90. The van der Waals surface area contributed by atoms with E-state index in [2.05, 4.69) is 10.0 Å². The largest absolute Gasteiger partial charge is 0.464 e. The minimum Gasteiger partial charge on any atom is -0.464 e. The van der Waals surface area contributed by atoms with E-state index in [1.54, 1.807) is 31.9 Å². The van der Waals surface area contributed by atoms with Crippen molar-refractivity contribution in [1.29, 1.82) is 0 Å². The van der Waals surface area contributed by atoms with Gasteiger partial charge in [-0.1, -0.05) is 0 Å². The number of likely N-dealkylation sites (tertiary alicyclic amines) is 1. The molecule has 2 heterocycles. The molecule has 0 aliphatic carbocycles. The predicted octanol–water partition coefficient (Wildman–Crippen LogP) is 4.28. The van der Waals surface area contributed by atoms with E-state index in [1.165, 1.54) is 0 Å². The maximum Gasteiger partial charge on any atom is 0.321 e. The average Bonchev–Trinajstić information content (AvgIpc) is 3.19. The number of amides is 2. The molecule has 0 atom stereocenters. The number of urea groups is 1. The van der Waals surface area contributed by atoms with Gasteiger partial charge >= 0.3 is 6.03 Å². The third-order valence-electron chi connectivity index (χ3n) is 5.73. The summed E-state index contributed by atoms with van der Waals surface area (Å²) < 4.78 is 32.1. The van der Waals surface area contributed by atoms with Crippen LogP contribution < -0.4 is 10.0 Å². The molecule has 2 N–H and O–H groups in total. The molecule has 2 aromatic rings. The standard InChI is InChI=1S/C22H31N3O4S/c1-15-16(2)19(9-8-18(15)20-7-6-14-29-20)23-21(26)25-12-10-17(11-13-25)24-30(27,28)22(3,4)5/h6-9,14,17,24H,10-13H2,1-5H3,(H,23,26). The summed E-state index contributed by atoms with van der Waals surface area (Å²) in [4.78, 5) is 14.5. The van der Waals surface area contributed by atoms with Crippen molar-refractivity contribution < 1.29 is 17.6 Å². The van der Waals surface area contributed by atoms with Crippen LogP contribution in [-0.4, -0.2) is 43.2 Å². The number of carbonyl (C=O) groups excluding carboxylic acids is 1. The maximum atomic E-state index is 12.8. The van der Waals surface area contributed by atoms with Crippen molar-refractivity contribution in [3.8, 4) is 11.3 Å². The van der Waals surface area contributed by atoms with Gasteiger partial charge in [-0.25, -0.2) is 17.9 Å². The van der Waals surface area contributed by atoms with Gasteiger partial charge < -0.3 is 14.6 Å². The van der Waals surface area contributed by atoms with E-state index in [0.29, 0.717) is 25.9 Å². The van der Waals surface area contributed by atoms with Crippen LogP contribution in [0.1, 0.15) is 44.7 Å². The summed E-state index contributed by atoms with van der Waals surface area (Å²) in [6.07, 6.45) is 2.83. The lowest BCUT2D eigenvalue weighted by atomic mass is 10.00. The Morgan fingerprint density at radius 1 is 1.10 bits per heavy atom. The lowest BCUT2D eigenvalue weighted by molar-refractivity contribution is 0.193. The van der Waals surface area contributed by atoms with Crippen LogP contribution in [0.25, 0.3) is 11.3 Å². The van der Waals surface area contributed by atoms with Gasteiger partial charge in [0.05, 0.1) is 11.0 Å². The molecular weight excluding hydrogens is 402 g/mol. The normalized spacial score (nSPS) is 16.0. The molecule has 0 bridgehead atoms. The maximum absolute atomic E-state index is 12.8. The Labute approximate surface area is 178 Å². The number of hydrogen-bond acceptors (Lipinski definition) is 4. The number of nitrogens with zero attached hydrogens (tertiary/aromatic N) is 1. The minimum absolute atomic E-state index is 0.144. The van der Waals surface area contributed by atoms with E-state index in [-0.39, 0.29) is 12.1 Å². The monoisotopic (exact) mass is 433 g/mol. The molecule has 7 nitrogen and oxygen atoms in total. The lowest BCUT2D eigenvalue weighted by Crippen LogP contribution is -2.50. The van der Waals surface area contributed by atoms with E-state index in [1.807, 2.05) is 38.1 Å². The summed E-state index contributed by atoms with van der Waals surface area (Å²) in [6.45, 7) is 10.0. The first-order valence-corrected chi connectivity index (χ1v) is 11.7. The van der Waals surface area contributed by atoms with Gasteiger partial charge in [-0.3, -0.25) is 0 Å². The third-order valence-corrected chi connectivity index (χ3v) is 7.98. The van der Waals surface area contributed by atoms with Crippen LogP contribution in [0.4, 0.5) is 10.5 Å². The van der Waals surface area contributed by atoms with Gasteiger partial charge in [0.25, 0.3) is 0 Å². The Hall–Kier alpha value is -2.32. The molecule has 2 amide bonds. The van der Waals surface area contributed by atoms with Crippen molar-refractivity contribution >= 4 is 21.7 Å². The second-order valence-electron chi connectivity index (χ2n) is 8.81. The van der Waals surface area contributed by atoms with Gasteiger partial charge in [0, 0.05) is 30.4 Å². The summed E-state index contributed by atoms with van der Waals surface area (Å²) in [5.41, 5.74) is 3.81. The van der Waals surface area contributed by atoms with Crippen molar-refractivity contribution in [2.75, 3.05) is 18.4 Å². The number of benzene rings is 1. The highest BCUT2D eigenvalue weighted by atomic mass is 32.2. The number of hydrogen-bond donors (Lipinski definition) is 2. The number of carbonyl (C=O) groups is 1. The Morgan fingerprint density at radius 3 is 2.33 bits per heavy atom. The highest BCUT2D eigenvalue weighted by Gasteiger charge is 2.33. The van der Waals surface area contributed by atoms with E-state index >= 15 is 0 Å².